The standard InChI is InChI=1S/C22H28BrNO4S/c1-12(2)27-8-9-28-21(26)18-13(3)24-14-10-22(4,5)11-15(25)19(14)20(18)16-6-7-17(23)29-16/h6-7,12,20,24H,8-11H2,1-5H3. The quantitative estimate of drug-likeness (QED) is 0.453. The number of Topliss-reactive ketones (excluding diaryl/α,β-unsaturated/α-hetero) is 1. The molecule has 1 atom stereocenters. The first-order valence-corrected chi connectivity index (χ1v) is 11.5. The molecule has 29 heavy (non-hydrogen) atoms. The molecule has 1 aromatic rings. The van der Waals surface area contributed by atoms with Gasteiger partial charge in [0.05, 0.1) is 28.0 Å². The van der Waals surface area contributed by atoms with Gasteiger partial charge in [0.15, 0.2) is 5.78 Å². The molecule has 158 valence electrons. The van der Waals surface area contributed by atoms with Gasteiger partial charge < -0.3 is 14.8 Å². The van der Waals surface area contributed by atoms with Crippen LogP contribution in [-0.4, -0.2) is 31.1 Å². The third kappa shape index (κ3) is 5.01. The number of ether oxygens (including phenoxy) is 2. The molecule has 7 heteroatoms. The molecule has 2 heterocycles. The lowest BCUT2D eigenvalue weighted by atomic mass is 9.70. The second-order valence-corrected chi connectivity index (χ2v) is 11.1. The Balaban J connectivity index is 1.95. The highest BCUT2D eigenvalue weighted by molar-refractivity contribution is 9.11. The molecule has 1 aliphatic carbocycles. The number of hydrogen-bond acceptors (Lipinski definition) is 6. The minimum Gasteiger partial charge on any atom is -0.460 e. The monoisotopic (exact) mass is 481 g/mol. The van der Waals surface area contributed by atoms with Crippen LogP contribution in [0.4, 0.5) is 0 Å². The lowest BCUT2D eigenvalue weighted by Crippen LogP contribution is -2.38. The van der Waals surface area contributed by atoms with Gasteiger partial charge in [0, 0.05) is 28.3 Å². The van der Waals surface area contributed by atoms with E-state index in [1.54, 1.807) is 11.3 Å². The largest absolute Gasteiger partial charge is 0.460 e. The van der Waals surface area contributed by atoms with Crippen molar-refractivity contribution in [2.45, 2.75) is 59.5 Å². The second kappa shape index (κ2) is 8.74. The zero-order valence-corrected chi connectivity index (χ0v) is 20.0. The van der Waals surface area contributed by atoms with E-state index in [2.05, 4.69) is 35.1 Å². The number of thiophene rings is 1. The van der Waals surface area contributed by atoms with E-state index >= 15 is 0 Å². The van der Waals surface area contributed by atoms with Gasteiger partial charge in [-0.15, -0.1) is 11.3 Å². The second-order valence-electron chi connectivity index (χ2n) is 8.63. The number of carbonyl (C=O) groups is 2. The molecule has 1 aromatic heterocycles. The smallest absolute Gasteiger partial charge is 0.336 e. The molecule has 1 aliphatic heterocycles. The maximum absolute atomic E-state index is 13.1. The first kappa shape index (κ1) is 22.2. The highest BCUT2D eigenvalue weighted by atomic mass is 79.9. The van der Waals surface area contributed by atoms with Crippen LogP contribution in [0.25, 0.3) is 0 Å². The number of allylic oxidation sites excluding steroid dienone is 3. The summed E-state index contributed by atoms with van der Waals surface area (Å²) >= 11 is 5.05. The number of esters is 1. The maximum Gasteiger partial charge on any atom is 0.336 e. The lowest BCUT2D eigenvalue weighted by molar-refractivity contribution is -0.141. The molecule has 0 amide bonds. The molecule has 0 spiro atoms. The topological polar surface area (TPSA) is 64.6 Å². The predicted molar refractivity (Wildman–Crippen MR) is 118 cm³/mol. The van der Waals surface area contributed by atoms with Gasteiger partial charge >= 0.3 is 5.97 Å². The minimum atomic E-state index is -0.402. The van der Waals surface area contributed by atoms with E-state index in [1.807, 2.05) is 32.9 Å². The summed E-state index contributed by atoms with van der Waals surface area (Å²) in [6, 6.07) is 3.93. The normalized spacial score (nSPS) is 21.3. The first-order valence-electron chi connectivity index (χ1n) is 9.87. The molecule has 0 bridgehead atoms. The summed E-state index contributed by atoms with van der Waals surface area (Å²) in [4.78, 5) is 27.1. The van der Waals surface area contributed by atoms with Gasteiger partial charge in [0.2, 0.25) is 0 Å². The number of hydrogen-bond donors (Lipinski definition) is 1. The van der Waals surface area contributed by atoms with Crippen LogP contribution in [-0.2, 0) is 19.1 Å². The fourth-order valence-corrected chi connectivity index (χ4v) is 5.51. The van der Waals surface area contributed by atoms with Crippen molar-refractivity contribution >= 4 is 39.0 Å². The summed E-state index contributed by atoms with van der Waals surface area (Å²) in [5.41, 5.74) is 2.79. The molecular weight excluding hydrogens is 454 g/mol. The Bertz CT molecular complexity index is 881. The Morgan fingerprint density at radius 1 is 1.31 bits per heavy atom. The number of rotatable bonds is 6. The van der Waals surface area contributed by atoms with Gasteiger partial charge in [-0.3, -0.25) is 4.79 Å². The zero-order chi connectivity index (χ0) is 21.3. The van der Waals surface area contributed by atoms with Crippen LogP contribution >= 0.6 is 27.3 Å². The van der Waals surface area contributed by atoms with Gasteiger partial charge in [-0.05, 0) is 60.7 Å². The average Bonchev–Trinajstić information content (AvgIpc) is 3.02. The molecule has 0 fully saturated rings. The highest BCUT2D eigenvalue weighted by Gasteiger charge is 2.43. The Hall–Kier alpha value is -1.44. The molecular formula is C22H28BrNO4S. The first-order chi connectivity index (χ1) is 13.6. The SMILES string of the molecule is CC1=C(C(=O)OCCOC(C)C)C(c2ccc(Br)s2)C2=C(CC(C)(C)CC2=O)N1. The number of dihydropyridines is 1. The molecule has 3 rings (SSSR count). The van der Waals surface area contributed by atoms with Crippen LogP contribution in [0.2, 0.25) is 0 Å². The molecule has 5 nitrogen and oxygen atoms in total. The summed E-state index contributed by atoms with van der Waals surface area (Å²) in [5.74, 6) is -0.704. The summed E-state index contributed by atoms with van der Waals surface area (Å²) in [5, 5.41) is 3.35. The summed E-state index contributed by atoms with van der Waals surface area (Å²) in [6.45, 7) is 10.5. The summed E-state index contributed by atoms with van der Waals surface area (Å²) in [7, 11) is 0. The van der Waals surface area contributed by atoms with Gasteiger partial charge in [0.25, 0.3) is 0 Å². The predicted octanol–water partition coefficient (Wildman–Crippen LogP) is 5.08. The third-order valence-electron chi connectivity index (χ3n) is 5.11. The third-order valence-corrected chi connectivity index (χ3v) is 6.79. The van der Waals surface area contributed by atoms with Gasteiger partial charge in [-0.1, -0.05) is 13.8 Å². The maximum atomic E-state index is 13.1. The van der Waals surface area contributed by atoms with E-state index in [0.717, 1.165) is 26.5 Å². The van der Waals surface area contributed by atoms with E-state index in [-0.39, 0.29) is 23.9 Å². The summed E-state index contributed by atoms with van der Waals surface area (Å²) < 4.78 is 11.9. The Kier molecular flexibility index (Phi) is 6.70. The molecule has 0 saturated carbocycles. The molecule has 2 aliphatic rings. The van der Waals surface area contributed by atoms with E-state index in [4.69, 9.17) is 9.47 Å². The van der Waals surface area contributed by atoms with Crippen LogP contribution in [0.3, 0.4) is 0 Å². The Morgan fingerprint density at radius 3 is 2.66 bits per heavy atom. The van der Waals surface area contributed by atoms with E-state index in [0.29, 0.717) is 24.2 Å². The minimum absolute atomic E-state index is 0.0816. The van der Waals surface area contributed by atoms with E-state index < -0.39 is 11.9 Å². The van der Waals surface area contributed by atoms with Crippen LogP contribution in [0.15, 0.2) is 38.5 Å². The van der Waals surface area contributed by atoms with Crippen LogP contribution < -0.4 is 5.32 Å². The Morgan fingerprint density at radius 2 is 2.03 bits per heavy atom. The highest BCUT2D eigenvalue weighted by Crippen LogP contribution is 2.48. The molecule has 0 saturated heterocycles. The fourth-order valence-electron chi connectivity index (χ4n) is 3.97. The molecule has 0 radical (unpaired) electrons. The molecule has 0 aromatic carbocycles. The molecule has 1 unspecified atom stereocenters. The van der Waals surface area contributed by atoms with Crippen molar-refractivity contribution < 1.29 is 19.1 Å². The number of ketones is 1. The van der Waals surface area contributed by atoms with Crippen molar-refractivity contribution in [2.24, 2.45) is 5.41 Å². The Labute approximate surface area is 184 Å². The van der Waals surface area contributed by atoms with Gasteiger partial charge in [-0.2, -0.15) is 0 Å². The van der Waals surface area contributed by atoms with Crippen molar-refractivity contribution in [2.75, 3.05) is 13.2 Å². The van der Waals surface area contributed by atoms with Crippen LogP contribution in [0.5, 0.6) is 0 Å². The lowest BCUT2D eigenvalue weighted by Gasteiger charge is -2.39. The number of halogens is 1. The van der Waals surface area contributed by atoms with Crippen LogP contribution in [0.1, 0.15) is 58.3 Å². The van der Waals surface area contributed by atoms with Crippen molar-refractivity contribution in [3.8, 4) is 0 Å². The van der Waals surface area contributed by atoms with Gasteiger partial charge in [-0.25, -0.2) is 4.79 Å². The van der Waals surface area contributed by atoms with Crippen LogP contribution in [0, 0.1) is 5.41 Å². The summed E-state index contributed by atoms with van der Waals surface area (Å²) in [6.07, 6.45) is 1.33. The average molecular weight is 482 g/mol. The number of nitrogens with one attached hydrogen (secondary N) is 1. The fraction of sp³-hybridized carbons (Fsp3) is 0.545. The van der Waals surface area contributed by atoms with Crippen molar-refractivity contribution in [1.29, 1.82) is 0 Å². The van der Waals surface area contributed by atoms with E-state index in [1.165, 1.54) is 0 Å². The zero-order valence-electron chi connectivity index (χ0n) is 17.6. The number of carbonyl (C=O) groups excluding carboxylic acids is 2. The van der Waals surface area contributed by atoms with Gasteiger partial charge in [0.1, 0.15) is 6.61 Å². The van der Waals surface area contributed by atoms with E-state index in [9.17, 15) is 9.59 Å². The van der Waals surface area contributed by atoms with Crippen molar-refractivity contribution in [3.63, 3.8) is 0 Å². The van der Waals surface area contributed by atoms with Crippen molar-refractivity contribution in [3.05, 3.63) is 43.3 Å². The van der Waals surface area contributed by atoms with Crippen molar-refractivity contribution in [1.82, 2.24) is 5.32 Å². The molecule has 1 N–H and O–H groups in total.